The molecule has 0 radical (unpaired) electrons. The maximum Gasteiger partial charge on any atom is 0.338 e. The fourth-order valence-corrected chi connectivity index (χ4v) is 4.98. The van der Waals surface area contributed by atoms with Crippen molar-refractivity contribution in [1.29, 1.82) is 0 Å². The second kappa shape index (κ2) is 17.5. The summed E-state index contributed by atoms with van der Waals surface area (Å²) in [6.07, 6.45) is 0.317. The highest BCUT2D eigenvalue weighted by Crippen LogP contribution is 2.24. The van der Waals surface area contributed by atoms with E-state index in [0.717, 1.165) is 16.7 Å². The SMILES string of the molecule is CC(C)(C)c1ccc(C(=O)OCC[N+](C)(CCOC(=O)c2ccc(C(C)(C)C)cc2)CCOC(=O)c2ccc(C(C)(C)C)cc2)cc1.CS(=O)([O-])(O)O. The second-order valence-electron chi connectivity index (χ2n) is 16.8. The first-order valence-corrected chi connectivity index (χ1v) is 19.8. The minimum absolute atomic E-state index is 0.0135. The number of hydrogen-bond donors (Lipinski definition) is 2. The Morgan fingerprint density at radius 2 is 0.736 bits per heavy atom. The van der Waals surface area contributed by atoms with E-state index in [1.165, 1.54) is 0 Å². The van der Waals surface area contributed by atoms with Gasteiger partial charge in [-0.25, -0.2) is 18.6 Å². The summed E-state index contributed by atoms with van der Waals surface area (Å²) >= 11 is 0. The topological polar surface area (TPSA) is 159 Å². The molecule has 3 rings (SSSR count). The Bertz CT molecular complexity index is 1530. The van der Waals surface area contributed by atoms with Crippen LogP contribution in [0.2, 0.25) is 0 Å². The molecule has 53 heavy (non-hydrogen) atoms. The maximum absolute atomic E-state index is 12.8. The number of carbonyl (C=O) groups is 3. The van der Waals surface area contributed by atoms with Crippen LogP contribution in [0.15, 0.2) is 72.8 Å². The van der Waals surface area contributed by atoms with Crippen molar-refractivity contribution in [2.75, 3.05) is 52.8 Å². The predicted molar refractivity (Wildman–Crippen MR) is 207 cm³/mol. The lowest BCUT2D eigenvalue weighted by atomic mass is 9.87. The van der Waals surface area contributed by atoms with E-state index >= 15 is 0 Å². The van der Waals surface area contributed by atoms with Crippen molar-refractivity contribution in [2.24, 2.45) is 0 Å². The molecule has 0 saturated heterocycles. The lowest BCUT2D eigenvalue weighted by Gasteiger charge is -2.34. The van der Waals surface area contributed by atoms with Crippen LogP contribution in [0.25, 0.3) is 0 Å². The van der Waals surface area contributed by atoms with E-state index in [-0.39, 0.29) is 36.1 Å². The lowest BCUT2D eigenvalue weighted by Crippen LogP contribution is -2.51. The molecule has 0 aliphatic carbocycles. The van der Waals surface area contributed by atoms with Crippen molar-refractivity contribution in [3.8, 4) is 0 Å². The number of hydrogen-bond acceptors (Lipinski definition) is 8. The molecule has 0 aliphatic heterocycles. The van der Waals surface area contributed by atoms with Crippen LogP contribution < -0.4 is 0 Å². The summed E-state index contributed by atoms with van der Waals surface area (Å²) in [5, 5.41) is 0. The van der Waals surface area contributed by atoms with Gasteiger partial charge >= 0.3 is 17.9 Å². The molecule has 0 amide bonds. The average molecular weight is 758 g/mol. The first-order valence-electron chi connectivity index (χ1n) is 17.6. The highest BCUT2D eigenvalue weighted by atomic mass is 32.3. The average Bonchev–Trinajstić information content (AvgIpc) is 3.02. The van der Waals surface area contributed by atoms with Gasteiger partial charge in [-0.05, 0) is 69.3 Å². The normalized spacial score (nSPS) is 13.1. The van der Waals surface area contributed by atoms with Crippen LogP contribution >= 0.6 is 0 Å². The summed E-state index contributed by atoms with van der Waals surface area (Å²) < 4.78 is 51.1. The largest absolute Gasteiger partial charge is 0.750 e. The van der Waals surface area contributed by atoms with Gasteiger partial charge in [-0.1, -0.05) is 98.7 Å². The zero-order chi connectivity index (χ0) is 40.5. The molecule has 0 atom stereocenters. The number of benzene rings is 3. The monoisotopic (exact) mass is 757 g/mol. The third-order valence-corrected chi connectivity index (χ3v) is 8.55. The van der Waals surface area contributed by atoms with Crippen LogP contribution in [0.5, 0.6) is 0 Å². The van der Waals surface area contributed by atoms with Crippen LogP contribution in [0, 0.1) is 0 Å². The Kier molecular flexibility index (Phi) is 14.9. The summed E-state index contributed by atoms with van der Waals surface area (Å²) in [5.74, 6) is -1.19. The number of likely N-dealkylation sites (N-methyl/N-ethyl adjacent to an activating group) is 1. The van der Waals surface area contributed by atoms with Crippen LogP contribution in [-0.2, 0) is 40.4 Å². The fourth-order valence-electron chi connectivity index (χ4n) is 4.98. The molecule has 0 saturated carbocycles. The number of quaternary nitrogens is 1. The zero-order valence-corrected chi connectivity index (χ0v) is 34.0. The van der Waals surface area contributed by atoms with E-state index in [9.17, 15) is 23.1 Å². The molecule has 0 aliphatic rings. The standard InChI is InChI=1S/C40H54NO6.CH6O4S/c1-38(2,3)32-17-11-29(12-18-32)35(42)45-26-23-41(10,24-27-46-36(43)30-13-19-33(20-14-30)39(4,5)6)25-28-47-37(44)31-15-21-34(22-16-31)40(7,8)9;1-6(2,3,4)5/h11-22H,23-28H2,1-10H3;1H3,(H3,2,3,4,5)/q+1;/p-1. The van der Waals surface area contributed by atoms with E-state index in [2.05, 4.69) is 62.3 Å². The first kappa shape index (κ1) is 45.2. The second-order valence-corrected chi connectivity index (χ2v) is 19.1. The molecule has 3 aromatic carbocycles. The van der Waals surface area contributed by atoms with Crippen molar-refractivity contribution < 1.29 is 50.9 Å². The minimum atomic E-state index is -5.35. The third-order valence-electron chi connectivity index (χ3n) is 8.55. The number of carbonyl (C=O) groups excluding carboxylic acids is 3. The molecule has 11 nitrogen and oxygen atoms in total. The van der Waals surface area contributed by atoms with Gasteiger partial charge in [0.1, 0.15) is 39.5 Å². The highest BCUT2D eigenvalue weighted by molar-refractivity contribution is 8.04. The van der Waals surface area contributed by atoms with Crippen LogP contribution in [0.4, 0.5) is 0 Å². The van der Waals surface area contributed by atoms with Crippen molar-refractivity contribution >= 4 is 27.8 Å². The molecule has 2 N–H and O–H groups in total. The Labute approximate surface area is 315 Å². The predicted octanol–water partition coefficient (Wildman–Crippen LogP) is 7.41. The lowest BCUT2D eigenvalue weighted by molar-refractivity contribution is -0.909. The molecule has 3 aromatic rings. The van der Waals surface area contributed by atoms with Crippen molar-refractivity contribution in [2.45, 2.75) is 78.6 Å². The molecule has 0 fully saturated rings. The Hall–Kier alpha value is -3.94. The molecule has 0 bridgehead atoms. The smallest absolute Gasteiger partial charge is 0.338 e. The molecular formula is C41H59NO10S. The van der Waals surface area contributed by atoms with E-state index in [4.69, 9.17) is 23.3 Å². The number of rotatable bonds is 12. The Morgan fingerprint density at radius 1 is 0.547 bits per heavy atom. The quantitative estimate of drug-likeness (QED) is 0.108. The molecule has 12 heteroatoms. The summed E-state index contributed by atoms with van der Waals surface area (Å²) in [7, 11) is -3.37. The van der Waals surface area contributed by atoms with E-state index in [1.807, 2.05) is 43.4 Å². The van der Waals surface area contributed by atoms with Crippen molar-refractivity contribution in [3.63, 3.8) is 0 Å². The summed E-state index contributed by atoms with van der Waals surface area (Å²) in [6, 6.07) is 22.4. The minimum Gasteiger partial charge on any atom is -0.750 e. The summed E-state index contributed by atoms with van der Waals surface area (Å²) in [5.41, 5.74) is 4.84. The maximum atomic E-state index is 12.8. The Balaban J connectivity index is 0.00000149. The highest BCUT2D eigenvalue weighted by Gasteiger charge is 2.25. The van der Waals surface area contributed by atoms with Gasteiger partial charge in [-0.3, -0.25) is 0 Å². The molecule has 0 unspecified atom stereocenters. The fraction of sp³-hybridized carbons (Fsp3) is 0.488. The molecule has 0 heterocycles. The van der Waals surface area contributed by atoms with Gasteiger partial charge in [0.2, 0.25) is 0 Å². The molecule has 294 valence electrons. The van der Waals surface area contributed by atoms with Gasteiger partial charge in [0, 0.05) is 16.2 Å². The summed E-state index contributed by atoms with van der Waals surface area (Å²) in [6.45, 7) is 20.9. The molecule has 0 aromatic heterocycles. The van der Waals surface area contributed by atoms with E-state index < -0.39 is 27.8 Å². The summed E-state index contributed by atoms with van der Waals surface area (Å²) in [4.78, 5) is 38.4. The molecule has 0 spiro atoms. The van der Waals surface area contributed by atoms with Gasteiger partial charge in [0.05, 0.1) is 23.7 Å². The number of ether oxygens (including phenoxy) is 3. The van der Waals surface area contributed by atoms with Crippen LogP contribution in [0.1, 0.15) is 110 Å². The first-order chi connectivity index (χ1) is 24.0. The van der Waals surface area contributed by atoms with Crippen LogP contribution in [0.3, 0.4) is 0 Å². The van der Waals surface area contributed by atoms with Gasteiger partial charge in [-0.15, -0.1) is 0 Å². The zero-order valence-electron chi connectivity index (χ0n) is 33.2. The Morgan fingerprint density at radius 3 is 0.906 bits per heavy atom. The van der Waals surface area contributed by atoms with Crippen molar-refractivity contribution in [1.82, 2.24) is 0 Å². The van der Waals surface area contributed by atoms with Gasteiger partial charge in [0.25, 0.3) is 0 Å². The number of esters is 3. The number of nitrogens with zero attached hydrogens (tertiary/aromatic N) is 1. The third kappa shape index (κ3) is 17.2. The van der Waals surface area contributed by atoms with Gasteiger partial charge in [0.15, 0.2) is 0 Å². The van der Waals surface area contributed by atoms with Crippen molar-refractivity contribution in [3.05, 3.63) is 106 Å². The van der Waals surface area contributed by atoms with E-state index in [1.54, 1.807) is 36.4 Å². The molecular weight excluding hydrogens is 699 g/mol. The van der Waals surface area contributed by atoms with Crippen LogP contribution in [-0.4, -0.2) is 93.0 Å². The van der Waals surface area contributed by atoms with E-state index in [0.29, 0.717) is 47.1 Å². The van der Waals surface area contributed by atoms with Gasteiger partial charge in [-0.2, -0.15) is 0 Å². The van der Waals surface area contributed by atoms with Gasteiger partial charge < -0.3 is 32.4 Å².